The van der Waals surface area contributed by atoms with E-state index in [0.717, 1.165) is 13.0 Å². The first-order chi connectivity index (χ1) is 7.57. The predicted molar refractivity (Wildman–Crippen MR) is 77.2 cm³/mol. The molecule has 0 saturated heterocycles. The summed E-state index contributed by atoms with van der Waals surface area (Å²) in [5.41, 5.74) is 6.24. The molecule has 2 unspecified atom stereocenters. The average molecular weight is 246 g/mol. The van der Waals surface area contributed by atoms with E-state index in [1.807, 2.05) is 11.8 Å². The lowest BCUT2D eigenvalue weighted by Gasteiger charge is -2.44. The third-order valence-corrected chi connectivity index (χ3v) is 4.55. The smallest absolute Gasteiger partial charge is 0.0328 e. The Morgan fingerprint density at radius 3 is 2.38 bits per heavy atom. The zero-order chi connectivity index (χ0) is 12.6. The first-order valence-corrected chi connectivity index (χ1v) is 7.89. The molecule has 2 nitrogen and oxygen atoms in total. The normalized spacial score (nSPS) is 17.4. The molecule has 0 aliphatic rings. The van der Waals surface area contributed by atoms with Crippen LogP contribution in [-0.2, 0) is 0 Å². The molecular formula is C13H30N2S. The van der Waals surface area contributed by atoms with E-state index in [0.29, 0.717) is 6.04 Å². The summed E-state index contributed by atoms with van der Waals surface area (Å²) in [5, 5.41) is 0. The van der Waals surface area contributed by atoms with Crippen LogP contribution in [0.5, 0.6) is 0 Å². The second kappa shape index (κ2) is 8.37. The van der Waals surface area contributed by atoms with Gasteiger partial charge < -0.3 is 5.73 Å². The van der Waals surface area contributed by atoms with Crippen molar-refractivity contribution in [3.05, 3.63) is 0 Å². The van der Waals surface area contributed by atoms with Crippen molar-refractivity contribution in [1.29, 1.82) is 0 Å². The Morgan fingerprint density at radius 2 is 2.00 bits per heavy atom. The Labute approximate surface area is 106 Å². The molecule has 0 radical (unpaired) electrons. The first kappa shape index (κ1) is 16.3. The van der Waals surface area contributed by atoms with Crippen LogP contribution in [0.25, 0.3) is 0 Å². The van der Waals surface area contributed by atoms with Crippen LogP contribution in [-0.4, -0.2) is 42.1 Å². The minimum Gasteiger partial charge on any atom is -0.329 e. The van der Waals surface area contributed by atoms with Crippen molar-refractivity contribution >= 4 is 11.8 Å². The number of nitrogens with two attached hydrogens (primary N) is 1. The number of nitrogens with zero attached hydrogens (tertiary/aromatic N) is 1. The summed E-state index contributed by atoms with van der Waals surface area (Å²) in [5.74, 6) is 1.24. The average Bonchev–Trinajstić information content (AvgIpc) is 2.32. The summed E-state index contributed by atoms with van der Waals surface area (Å²) in [6, 6.07) is 0.627. The van der Waals surface area contributed by atoms with Crippen LogP contribution in [0.3, 0.4) is 0 Å². The molecule has 0 aliphatic heterocycles. The summed E-state index contributed by atoms with van der Waals surface area (Å²) < 4.78 is 0. The molecule has 0 saturated carbocycles. The second-order valence-electron chi connectivity index (χ2n) is 4.77. The fourth-order valence-electron chi connectivity index (χ4n) is 2.41. The molecular weight excluding hydrogens is 216 g/mol. The zero-order valence-corrected chi connectivity index (χ0v) is 12.6. The molecule has 3 heteroatoms. The molecule has 2 N–H and O–H groups in total. The lowest BCUT2D eigenvalue weighted by molar-refractivity contribution is 0.0699. The molecule has 0 aromatic carbocycles. The van der Waals surface area contributed by atoms with E-state index >= 15 is 0 Å². The van der Waals surface area contributed by atoms with Gasteiger partial charge in [-0.15, -0.1) is 0 Å². The maximum atomic E-state index is 6.02. The quantitative estimate of drug-likeness (QED) is 0.678. The maximum Gasteiger partial charge on any atom is 0.0328 e. The van der Waals surface area contributed by atoms with Crippen LogP contribution in [0.4, 0.5) is 0 Å². The Morgan fingerprint density at radius 1 is 1.38 bits per heavy atom. The Hall–Kier alpha value is 0.270. The number of hydrogen-bond acceptors (Lipinski definition) is 3. The van der Waals surface area contributed by atoms with Crippen molar-refractivity contribution in [2.45, 2.75) is 58.0 Å². The number of hydrogen-bond donors (Lipinski definition) is 1. The number of rotatable bonds is 9. The van der Waals surface area contributed by atoms with E-state index in [2.05, 4.69) is 39.0 Å². The fourth-order valence-corrected chi connectivity index (χ4v) is 2.98. The lowest BCUT2D eigenvalue weighted by atomic mass is 9.87. The highest BCUT2D eigenvalue weighted by Gasteiger charge is 2.32. The summed E-state index contributed by atoms with van der Waals surface area (Å²) in [4.78, 5) is 2.52. The molecule has 2 atom stereocenters. The van der Waals surface area contributed by atoms with E-state index < -0.39 is 0 Å². The summed E-state index contributed by atoms with van der Waals surface area (Å²) >= 11 is 1.93. The molecule has 0 spiro atoms. The molecule has 0 aromatic rings. The van der Waals surface area contributed by atoms with Gasteiger partial charge in [-0.05, 0) is 45.2 Å². The van der Waals surface area contributed by atoms with Crippen molar-refractivity contribution in [3.63, 3.8) is 0 Å². The highest BCUT2D eigenvalue weighted by molar-refractivity contribution is 7.98. The van der Waals surface area contributed by atoms with E-state index in [1.54, 1.807) is 0 Å². The lowest BCUT2D eigenvalue weighted by Crippen LogP contribution is -2.55. The van der Waals surface area contributed by atoms with Gasteiger partial charge in [0, 0.05) is 18.1 Å². The third kappa shape index (κ3) is 4.27. The van der Waals surface area contributed by atoms with Gasteiger partial charge in [0.05, 0.1) is 0 Å². The van der Waals surface area contributed by atoms with Crippen molar-refractivity contribution in [2.24, 2.45) is 5.73 Å². The molecule has 0 amide bonds. The van der Waals surface area contributed by atoms with E-state index in [9.17, 15) is 0 Å². The molecule has 0 aliphatic carbocycles. The van der Waals surface area contributed by atoms with E-state index in [-0.39, 0.29) is 5.54 Å². The Balaban J connectivity index is 4.51. The van der Waals surface area contributed by atoms with Gasteiger partial charge >= 0.3 is 0 Å². The van der Waals surface area contributed by atoms with Crippen molar-refractivity contribution in [2.75, 3.05) is 25.6 Å². The number of likely N-dealkylation sites (N-methyl/N-ethyl adjacent to an activating group) is 1. The van der Waals surface area contributed by atoms with Gasteiger partial charge in [-0.3, -0.25) is 4.90 Å². The number of thioether (sulfide) groups is 1. The van der Waals surface area contributed by atoms with E-state index in [1.165, 1.54) is 25.0 Å². The SMILES string of the molecule is CCCC(CC)(CN)N(C)C(C)CCSC. The predicted octanol–water partition coefficient (Wildman–Crippen LogP) is 2.97. The van der Waals surface area contributed by atoms with Crippen LogP contribution in [0.1, 0.15) is 46.5 Å². The molecule has 0 aromatic heterocycles. The highest BCUT2D eigenvalue weighted by atomic mass is 32.2. The Kier molecular flexibility index (Phi) is 8.52. The van der Waals surface area contributed by atoms with Gasteiger partial charge in [-0.25, -0.2) is 0 Å². The van der Waals surface area contributed by atoms with Gasteiger partial charge in [0.2, 0.25) is 0 Å². The van der Waals surface area contributed by atoms with Crippen LogP contribution in [0.2, 0.25) is 0 Å². The van der Waals surface area contributed by atoms with E-state index in [4.69, 9.17) is 5.73 Å². The molecule has 0 heterocycles. The van der Waals surface area contributed by atoms with Crippen molar-refractivity contribution < 1.29 is 0 Å². The van der Waals surface area contributed by atoms with Gasteiger partial charge in [-0.2, -0.15) is 11.8 Å². The second-order valence-corrected chi connectivity index (χ2v) is 5.76. The minimum absolute atomic E-state index is 0.215. The minimum atomic E-state index is 0.215. The van der Waals surface area contributed by atoms with Crippen LogP contribution in [0.15, 0.2) is 0 Å². The highest BCUT2D eigenvalue weighted by Crippen LogP contribution is 2.26. The molecule has 16 heavy (non-hydrogen) atoms. The fraction of sp³-hybridized carbons (Fsp3) is 1.00. The van der Waals surface area contributed by atoms with Crippen LogP contribution in [0, 0.1) is 0 Å². The summed E-state index contributed by atoms with van der Waals surface area (Å²) in [7, 11) is 2.25. The molecule has 0 fully saturated rings. The summed E-state index contributed by atoms with van der Waals surface area (Å²) in [6.45, 7) is 7.62. The molecule has 98 valence electrons. The zero-order valence-electron chi connectivity index (χ0n) is 11.8. The standard InChI is InChI=1S/C13H30N2S/c1-6-9-13(7-2,11-14)15(4)12(3)8-10-16-5/h12H,6-11,14H2,1-5H3. The van der Waals surface area contributed by atoms with Gasteiger partial charge in [-0.1, -0.05) is 20.3 Å². The first-order valence-electron chi connectivity index (χ1n) is 6.49. The van der Waals surface area contributed by atoms with Crippen molar-refractivity contribution in [1.82, 2.24) is 4.90 Å². The van der Waals surface area contributed by atoms with Crippen LogP contribution >= 0.6 is 11.8 Å². The monoisotopic (exact) mass is 246 g/mol. The third-order valence-electron chi connectivity index (χ3n) is 3.90. The topological polar surface area (TPSA) is 29.3 Å². The Bertz CT molecular complexity index is 169. The van der Waals surface area contributed by atoms with Gasteiger partial charge in [0.15, 0.2) is 0 Å². The molecule has 0 rings (SSSR count). The maximum absolute atomic E-state index is 6.02. The molecule has 0 bridgehead atoms. The summed E-state index contributed by atoms with van der Waals surface area (Å²) in [6.07, 6.45) is 7.00. The van der Waals surface area contributed by atoms with Crippen LogP contribution < -0.4 is 5.73 Å². The van der Waals surface area contributed by atoms with Gasteiger partial charge in [0.25, 0.3) is 0 Å². The van der Waals surface area contributed by atoms with Gasteiger partial charge in [0.1, 0.15) is 0 Å². The largest absolute Gasteiger partial charge is 0.329 e. The van der Waals surface area contributed by atoms with Crippen molar-refractivity contribution in [3.8, 4) is 0 Å².